The van der Waals surface area contributed by atoms with Crippen LogP contribution in [0.3, 0.4) is 0 Å². The Morgan fingerprint density at radius 1 is 0.952 bits per heavy atom. The zero-order valence-corrected chi connectivity index (χ0v) is 13.2. The van der Waals surface area contributed by atoms with E-state index in [1.807, 2.05) is 0 Å². The molecule has 3 rings (SSSR count). The first kappa shape index (κ1) is 14.8. The van der Waals surface area contributed by atoms with Gasteiger partial charge in [0.15, 0.2) is 5.16 Å². The van der Waals surface area contributed by atoms with Crippen LogP contribution in [-0.4, -0.2) is 33.3 Å². The average molecular weight is 308 g/mol. The van der Waals surface area contributed by atoms with Gasteiger partial charge in [0, 0.05) is 18.3 Å². The summed E-state index contributed by atoms with van der Waals surface area (Å²) in [6.07, 6.45) is 10.3. The molecule has 2 fully saturated rings. The molecule has 0 unspecified atom stereocenters. The van der Waals surface area contributed by atoms with Crippen molar-refractivity contribution in [3.05, 3.63) is 0 Å². The third kappa shape index (κ3) is 3.97. The minimum Gasteiger partial charge on any atom is -0.341 e. The average Bonchev–Trinajstić information content (AvgIpc) is 2.56. The molecule has 6 nitrogen and oxygen atoms in total. The van der Waals surface area contributed by atoms with Gasteiger partial charge in [0.1, 0.15) is 0 Å². The normalized spacial score (nSPS) is 20.5. The van der Waals surface area contributed by atoms with Crippen molar-refractivity contribution in [2.24, 2.45) is 5.84 Å². The molecule has 0 aromatic carbocycles. The molecule has 2 heterocycles. The lowest BCUT2D eigenvalue weighted by Gasteiger charge is -2.27. The summed E-state index contributed by atoms with van der Waals surface area (Å²) in [6.45, 7) is 2.06. The lowest BCUT2D eigenvalue weighted by Crippen LogP contribution is -2.31. The van der Waals surface area contributed by atoms with Crippen molar-refractivity contribution < 1.29 is 0 Å². The Hall–Kier alpha value is -1.08. The van der Waals surface area contributed by atoms with Crippen molar-refractivity contribution in [1.82, 2.24) is 15.0 Å². The minimum absolute atomic E-state index is 0.476. The number of nitrogens with one attached hydrogen (secondary N) is 1. The fraction of sp³-hybridized carbons (Fsp3) is 0.786. The van der Waals surface area contributed by atoms with Crippen LogP contribution in [0, 0.1) is 0 Å². The fourth-order valence-electron chi connectivity index (χ4n) is 3.03. The lowest BCUT2D eigenvalue weighted by molar-refractivity contribution is 0.515. The molecule has 7 heteroatoms. The number of hydrogen-bond donors (Lipinski definition) is 2. The Kier molecular flexibility index (Phi) is 5.13. The number of aromatic nitrogens is 3. The van der Waals surface area contributed by atoms with Gasteiger partial charge >= 0.3 is 0 Å². The summed E-state index contributed by atoms with van der Waals surface area (Å²) >= 11 is 1.79. The molecule has 1 aromatic rings. The molecule has 21 heavy (non-hydrogen) atoms. The van der Waals surface area contributed by atoms with Crippen molar-refractivity contribution in [3.8, 4) is 0 Å². The number of rotatable bonds is 4. The summed E-state index contributed by atoms with van der Waals surface area (Å²) in [5, 5.41) is 1.45. The van der Waals surface area contributed by atoms with Crippen LogP contribution in [-0.2, 0) is 0 Å². The second kappa shape index (κ2) is 7.26. The van der Waals surface area contributed by atoms with Gasteiger partial charge in [0.25, 0.3) is 0 Å². The van der Waals surface area contributed by atoms with Gasteiger partial charge in [-0.1, -0.05) is 31.0 Å². The first-order valence-electron chi connectivity index (χ1n) is 7.99. The molecule has 2 aliphatic rings. The van der Waals surface area contributed by atoms with Crippen LogP contribution in [0.25, 0.3) is 0 Å². The van der Waals surface area contributed by atoms with E-state index in [0.717, 1.165) is 24.2 Å². The van der Waals surface area contributed by atoms with Gasteiger partial charge in [-0.15, -0.1) is 0 Å². The molecular weight excluding hydrogens is 284 g/mol. The molecule has 1 aliphatic heterocycles. The van der Waals surface area contributed by atoms with Crippen molar-refractivity contribution in [2.75, 3.05) is 23.4 Å². The zero-order chi connectivity index (χ0) is 14.5. The molecule has 3 N–H and O–H groups in total. The third-order valence-electron chi connectivity index (χ3n) is 4.20. The van der Waals surface area contributed by atoms with E-state index in [0.29, 0.717) is 11.2 Å². The highest BCUT2D eigenvalue weighted by atomic mass is 32.2. The summed E-state index contributed by atoms with van der Waals surface area (Å²) < 4.78 is 0. The smallest absolute Gasteiger partial charge is 0.242 e. The minimum atomic E-state index is 0.476. The van der Waals surface area contributed by atoms with Gasteiger partial charge in [-0.25, -0.2) is 5.84 Å². The van der Waals surface area contributed by atoms with E-state index >= 15 is 0 Å². The van der Waals surface area contributed by atoms with E-state index in [-0.39, 0.29) is 0 Å². The molecule has 116 valence electrons. The zero-order valence-electron chi connectivity index (χ0n) is 12.4. The molecule has 1 saturated heterocycles. The van der Waals surface area contributed by atoms with E-state index in [9.17, 15) is 0 Å². The van der Waals surface area contributed by atoms with Crippen LogP contribution in [0.15, 0.2) is 5.16 Å². The highest BCUT2D eigenvalue weighted by molar-refractivity contribution is 7.99. The van der Waals surface area contributed by atoms with Crippen LogP contribution < -0.4 is 16.2 Å². The van der Waals surface area contributed by atoms with E-state index in [2.05, 4.69) is 25.3 Å². The molecular formula is C14H24N6S. The molecule has 0 bridgehead atoms. The summed E-state index contributed by atoms with van der Waals surface area (Å²) in [7, 11) is 0. The number of thioether (sulfide) groups is 1. The Bertz CT molecular complexity index is 457. The molecule has 1 aromatic heterocycles. The largest absolute Gasteiger partial charge is 0.341 e. The van der Waals surface area contributed by atoms with Crippen molar-refractivity contribution in [3.63, 3.8) is 0 Å². The second-order valence-electron chi connectivity index (χ2n) is 5.81. The Morgan fingerprint density at radius 2 is 1.67 bits per heavy atom. The highest BCUT2D eigenvalue weighted by Crippen LogP contribution is 2.32. The summed E-state index contributed by atoms with van der Waals surface area (Å²) in [5.41, 5.74) is 2.58. The maximum atomic E-state index is 5.52. The number of anilines is 2. The van der Waals surface area contributed by atoms with E-state index in [4.69, 9.17) is 5.84 Å². The predicted octanol–water partition coefficient (Wildman–Crippen LogP) is 2.57. The SMILES string of the molecule is NNc1nc(SC2CCCCC2)nc(N2CCCCC2)n1. The molecule has 0 amide bonds. The second-order valence-corrected chi connectivity index (χ2v) is 7.08. The quantitative estimate of drug-likeness (QED) is 0.653. The number of nitrogen functional groups attached to an aromatic ring is 1. The number of nitrogens with two attached hydrogens (primary N) is 1. The number of hydrazine groups is 1. The number of piperidine rings is 1. The topological polar surface area (TPSA) is 80.0 Å². The fourth-order valence-corrected chi connectivity index (χ4v) is 4.17. The molecule has 1 aliphatic carbocycles. The van der Waals surface area contributed by atoms with Gasteiger partial charge in [0.2, 0.25) is 11.9 Å². The number of hydrogen-bond acceptors (Lipinski definition) is 7. The molecule has 0 spiro atoms. The van der Waals surface area contributed by atoms with E-state index < -0.39 is 0 Å². The van der Waals surface area contributed by atoms with Crippen molar-refractivity contribution in [1.29, 1.82) is 0 Å². The van der Waals surface area contributed by atoms with Crippen molar-refractivity contribution >= 4 is 23.7 Å². The van der Waals surface area contributed by atoms with Crippen LogP contribution in [0.4, 0.5) is 11.9 Å². The summed E-state index contributed by atoms with van der Waals surface area (Å²) in [5.74, 6) is 6.77. The van der Waals surface area contributed by atoms with Crippen LogP contribution in [0.2, 0.25) is 0 Å². The summed E-state index contributed by atoms with van der Waals surface area (Å²) in [4.78, 5) is 15.8. The van der Waals surface area contributed by atoms with Crippen molar-refractivity contribution in [2.45, 2.75) is 61.8 Å². The predicted molar refractivity (Wildman–Crippen MR) is 86.4 cm³/mol. The van der Waals surface area contributed by atoms with Crippen LogP contribution in [0.5, 0.6) is 0 Å². The van der Waals surface area contributed by atoms with Gasteiger partial charge < -0.3 is 4.90 Å². The van der Waals surface area contributed by atoms with E-state index in [1.54, 1.807) is 11.8 Å². The lowest BCUT2D eigenvalue weighted by atomic mass is 10.0. The van der Waals surface area contributed by atoms with Gasteiger partial charge in [-0.05, 0) is 32.1 Å². The van der Waals surface area contributed by atoms with Gasteiger partial charge in [-0.3, -0.25) is 5.43 Å². The van der Waals surface area contributed by atoms with Crippen LogP contribution in [0.1, 0.15) is 51.4 Å². The molecule has 0 radical (unpaired) electrons. The van der Waals surface area contributed by atoms with Crippen LogP contribution >= 0.6 is 11.8 Å². The maximum absolute atomic E-state index is 5.52. The monoisotopic (exact) mass is 308 g/mol. The van der Waals surface area contributed by atoms with Gasteiger partial charge in [-0.2, -0.15) is 15.0 Å². The first-order valence-corrected chi connectivity index (χ1v) is 8.87. The molecule has 0 atom stereocenters. The number of nitrogens with zero attached hydrogens (tertiary/aromatic N) is 4. The molecule has 1 saturated carbocycles. The standard InChI is InChI=1S/C14H24N6S/c15-19-12-16-13(20-9-5-2-6-10-20)18-14(17-12)21-11-7-3-1-4-8-11/h11H,1-10,15H2,(H,16,17,18,19). The first-order chi connectivity index (χ1) is 10.3. The maximum Gasteiger partial charge on any atom is 0.242 e. The highest BCUT2D eigenvalue weighted by Gasteiger charge is 2.20. The Balaban J connectivity index is 1.75. The Labute approximate surface area is 130 Å². The van der Waals surface area contributed by atoms with E-state index in [1.165, 1.54) is 51.4 Å². The Morgan fingerprint density at radius 3 is 2.38 bits per heavy atom. The summed E-state index contributed by atoms with van der Waals surface area (Å²) in [6, 6.07) is 0. The van der Waals surface area contributed by atoms with Gasteiger partial charge in [0.05, 0.1) is 0 Å². The third-order valence-corrected chi connectivity index (χ3v) is 5.39.